The van der Waals surface area contributed by atoms with E-state index in [0.29, 0.717) is 5.41 Å². The van der Waals surface area contributed by atoms with E-state index in [2.05, 4.69) is 6.92 Å². The van der Waals surface area contributed by atoms with Crippen molar-refractivity contribution >= 4 is 5.97 Å². The van der Waals surface area contributed by atoms with Gasteiger partial charge in [-0.15, -0.1) is 0 Å². The van der Waals surface area contributed by atoms with Gasteiger partial charge in [0.25, 0.3) is 0 Å². The number of aliphatic carboxylic acids is 1. The lowest BCUT2D eigenvalue weighted by Gasteiger charge is -2.38. The highest BCUT2D eigenvalue weighted by Crippen LogP contribution is 2.44. The van der Waals surface area contributed by atoms with Crippen molar-refractivity contribution < 1.29 is 9.90 Å². The molecule has 0 aromatic carbocycles. The van der Waals surface area contributed by atoms with Crippen LogP contribution in [0.2, 0.25) is 0 Å². The molecule has 0 spiro atoms. The van der Waals surface area contributed by atoms with Gasteiger partial charge in [0.15, 0.2) is 0 Å². The van der Waals surface area contributed by atoms with Crippen LogP contribution in [0.5, 0.6) is 0 Å². The standard InChI is InChI=1S/C14H26O2/c1-3-8-14(9-5-4-6-10-14)11-7-12(2)13(15)16/h12H,3-11H2,1-2H3,(H,15,16). The average Bonchev–Trinajstić information content (AvgIpc) is 2.27. The van der Waals surface area contributed by atoms with Gasteiger partial charge in [-0.1, -0.05) is 39.5 Å². The number of hydrogen-bond donors (Lipinski definition) is 1. The Hall–Kier alpha value is -0.530. The molecule has 94 valence electrons. The molecule has 0 aromatic rings. The summed E-state index contributed by atoms with van der Waals surface area (Å²) in [5.74, 6) is -0.807. The van der Waals surface area contributed by atoms with Crippen LogP contribution in [0.4, 0.5) is 0 Å². The van der Waals surface area contributed by atoms with Gasteiger partial charge < -0.3 is 5.11 Å². The molecule has 0 bridgehead atoms. The predicted octanol–water partition coefficient (Wildman–Crippen LogP) is 4.24. The first-order valence-electron chi connectivity index (χ1n) is 6.82. The number of carboxylic acid groups (broad SMARTS) is 1. The van der Waals surface area contributed by atoms with Crippen molar-refractivity contribution in [1.82, 2.24) is 0 Å². The van der Waals surface area contributed by atoms with Gasteiger partial charge in [0.1, 0.15) is 0 Å². The Kier molecular flexibility index (Phi) is 5.30. The maximum Gasteiger partial charge on any atom is 0.306 e. The zero-order chi connectivity index (χ0) is 12.0. The van der Waals surface area contributed by atoms with Crippen LogP contribution < -0.4 is 0 Å². The van der Waals surface area contributed by atoms with Crippen LogP contribution in [0.15, 0.2) is 0 Å². The molecule has 0 amide bonds. The highest BCUT2D eigenvalue weighted by atomic mass is 16.4. The zero-order valence-corrected chi connectivity index (χ0v) is 10.8. The predicted molar refractivity (Wildman–Crippen MR) is 66.5 cm³/mol. The Bertz CT molecular complexity index is 211. The van der Waals surface area contributed by atoms with Gasteiger partial charge in [-0.2, -0.15) is 0 Å². The monoisotopic (exact) mass is 226 g/mol. The summed E-state index contributed by atoms with van der Waals surface area (Å²) in [6.07, 6.45) is 11.2. The Balaban J connectivity index is 2.46. The minimum Gasteiger partial charge on any atom is -0.481 e. The van der Waals surface area contributed by atoms with Crippen LogP contribution in [0.1, 0.15) is 71.6 Å². The molecule has 1 rings (SSSR count). The van der Waals surface area contributed by atoms with Crippen LogP contribution in [0.25, 0.3) is 0 Å². The smallest absolute Gasteiger partial charge is 0.306 e. The third-order valence-corrected chi connectivity index (χ3v) is 4.22. The second-order valence-corrected chi connectivity index (χ2v) is 5.59. The zero-order valence-electron chi connectivity index (χ0n) is 10.8. The lowest BCUT2D eigenvalue weighted by molar-refractivity contribution is -0.141. The maximum absolute atomic E-state index is 10.8. The summed E-state index contributed by atoms with van der Waals surface area (Å²) >= 11 is 0. The third-order valence-electron chi connectivity index (χ3n) is 4.22. The second-order valence-electron chi connectivity index (χ2n) is 5.59. The highest BCUT2D eigenvalue weighted by Gasteiger charge is 2.31. The Morgan fingerprint density at radius 3 is 2.38 bits per heavy atom. The molecule has 1 fully saturated rings. The first kappa shape index (κ1) is 13.5. The summed E-state index contributed by atoms with van der Waals surface area (Å²) < 4.78 is 0. The van der Waals surface area contributed by atoms with Crippen molar-refractivity contribution in [2.75, 3.05) is 0 Å². The van der Waals surface area contributed by atoms with Crippen molar-refractivity contribution in [3.8, 4) is 0 Å². The maximum atomic E-state index is 10.8. The van der Waals surface area contributed by atoms with E-state index in [9.17, 15) is 4.79 Å². The molecule has 0 aromatic heterocycles. The summed E-state index contributed by atoms with van der Waals surface area (Å²) in [6, 6.07) is 0. The van der Waals surface area contributed by atoms with Gasteiger partial charge >= 0.3 is 5.97 Å². The molecule has 1 unspecified atom stereocenters. The van der Waals surface area contributed by atoms with Gasteiger partial charge in [0.05, 0.1) is 5.92 Å². The Morgan fingerprint density at radius 1 is 1.25 bits per heavy atom. The summed E-state index contributed by atoms with van der Waals surface area (Å²) in [5, 5.41) is 8.93. The van der Waals surface area contributed by atoms with Gasteiger partial charge in [0.2, 0.25) is 0 Å². The van der Waals surface area contributed by atoms with Crippen LogP contribution in [0, 0.1) is 11.3 Å². The molecule has 0 heterocycles. The van der Waals surface area contributed by atoms with E-state index in [1.54, 1.807) is 0 Å². The van der Waals surface area contributed by atoms with Crippen molar-refractivity contribution in [3.63, 3.8) is 0 Å². The van der Waals surface area contributed by atoms with Crippen LogP contribution in [0.3, 0.4) is 0 Å². The van der Waals surface area contributed by atoms with Crippen LogP contribution >= 0.6 is 0 Å². The van der Waals surface area contributed by atoms with Gasteiger partial charge in [-0.3, -0.25) is 4.79 Å². The Morgan fingerprint density at radius 2 is 1.88 bits per heavy atom. The van der Waals surface area contributed by atoms with Crippen molar-refractivity contribution in [1.29, 1.82) is 0 Å². The lowest BCUT2D eigenvalue weighted by atomic mass is 9.68. The van der Waals surface area contributed by atoms with E-state index in [-0.39, 0.29) is 5.92 Å². The first-order chi connectivity index (χ1) is 7.59. The molecule has 0 aliphatic heterocycles. The largest absolute Gasteiger partial charge is 0.481 e. The minimum absolute atomic E-state index is 0.171. The molecule has 16 heavy (non-hydrogen) atoms. The van der Waals surface area contributed by atoms with Gasteiger partial charge in [-0.05, 0) is 37.5 Å². The molecular weight excluding hydrogens is 200 g/mol. The summed E-state index contributed by atoms with van der Waals surface area (Å²) in [6.45, 7) is 4.09. The Labute approximate surface area is 99.4 Å². The topological polar surface area (TPSA) is 37.3 Å². The number of carboxylic acids is 1. The SMILES string of the molecule is CCCC1(CCC(C)C(=O)O)CCCCC1. The normalized spacial score (nSPS) is 21.6. The molecule has 1 atom stereocenters. The molecule has 1 N–H and O–H groups in total. The number of carbonyl (C=O) groups is 1. The van der Waals surface area contributed by atoms with Crippen molar-refractivity contribution in [2.45, 2.75) is 71.6 Å². The molecule has 0 saturated heterocycles. The average molecular weight is 226 g/mol. The second kappa shape index (κ2) is 6.27. The van der Waals surface area contributed by atoms with E-state index in [0.717, 1.165) is 12.8 Å². The van der Waals surface area contributed by atoms with E-state index >= 15 is 0 Å². The van der Waals surface area contributed by atoms with Gasteiger partial charge in [-0.25, -0.2) is 0 Å². The highest BCUT2D eigenvalue weighted by molar-refractivity contribution is 5.69. The van der Waals surface area contributed by atoms with Gasteiger partial charge in [0, 0.05) is 0 Å². The van der Waals surface area contributed by atoms with E-state index in [1.807, 2.05) is 6.92 Å². The van der Waals surface area contributed by atoms with Crippen LogP contribution in [-0.2, 0) is 4.79 Å². The first-order valence-corrected chi connectivity index (χ1v) is 6.82. The molecule has 1 aliphatic carbocycles. The van der Waals surface area contributed by atoms with Crippen molar-refractivity contribution in [2.24, 2.45) is 11.3 Å². The molecule has 0 radical (unpaired) electrons. The van der Waals surface area contributed by atoms with E-state index in [1.165, 1.54) is 44.9 Å². The minimum atomic E-state index is -0.637. The van der Waals surface area contributed by atoms with E-state index < -0.39 is 5.97 Å². The lowest BCUT2D eigenvalue weighted by Crippen LogP contribution is -2.25. The quantitative estimate of drug-likeness (QED) is 0.735. The van der Waals surface area contributed by atoms with Crippen LogP contribution in [-0.4, -0.2) is 11.1 Å². The summed E-state index contributed by atoms with van der Waals surface area (Å²) in [5.41, 5.74) is 0.483. The van der Waals surface area contributed by atoms with Crippen molar-refractivity contribution in [3.05, 3.63) is 0 Å². The fourth-order valence-electron chi connectivity index (χ4n) is 3.10. The molecule has 1 saturated carbocycles. The number of hydrogen-bond acceptors (Lipinski definition) is 1. The summed E-state index contributed by atoms with van der Waals surface area (Å²) in [7, 11) is 0. The molecule has 2 heteroatoms. The molecular formula is C14H26O2. The fourth-order valence-corrected chi connectivity index (χ4v) is 3.10. The molecule has 2 nitrogen and oxygen atoms in total. The third kappa shape index (κ3) is 3.80. The van der Waals surface area contributed by atoms with E-state index in [4.69, 9.17) is 5.11 Å². The fraction of sp³-hybridized carbons (Fsp3) is 0.929. The molecule has 1 aliphatic rings. The summed E-state index contributed by atoms with van der Waals surface area (Å²) in [4.78, 5) is 10.8. The number of rotatable bonds is 6.